The Balaban J connectivity index is 1.27. The first-order chi connectivity index (χ1) is 16.2. The molecule has 0 spiro atoms. The fraction of sp³-hybridized carbons (Fsp3) is 0.0400. The summed E-state index contributed by atoms with van der Waals surface area (Å²) in [5.41, 5.74) is 2.37. The van der Waals surface area contributed by atoms with E-state index in [0.717, 1.165) is 10.6 Å². The highest BCUT2D eigenvalue weighted by atomic mass is 32.1. The number of thiazole rings is 1. The van der Waals surface area contributed by atoms with Crippen LogP contribution in [-0.4, -0.2) is 25.4 Å². The van der Waals surface area contributed by atoms with Crippen molar-refractivity contribution in [2.45, 2.75) is 6.92 Å². The van der Waals surface area contributed by atoms with Gasteiger partial charge in [-0.3, -0.25) is 4.79 Å². The molecule has 0 unspecified atom stereocenters. The number of ether oxygens (including phenoxy) is 1. The van der Waals surface area contributed by atoms with E-state index in [1.165, 1.54) is 17.7 Å². The van der Waals surface area contributed by atoms with Crippen LogP contribution in [0, 0.1) is 6.92 Å². The van der Waals surface area contributed by atoms with Crippen LogP contribution in [0.1, 0.15) is 15.4 Å². The summed E-state index contributed by atoms with van der Waals surface area (Å²) >= 11 is 1.38. The number of anilines is 1. The fourth-order valence-corrected chi connectivity index (χ4v) is 4.21. The number of benzene rings is 2. The quantitative estimate of drug-likeness (QED) is 0.354. The van der Waals surface area contributed by atoms with Gasteiger partial charge in [-0.25, -0.2) is 15.0 Å². The van der Waals surface area contributed by atoms with Crippen LogP contribution in [0.4, 0.5) is 5.69 Å². The van der Waals surface area contributed by atoms with Gasteiger partial charge in [-0.2, -0.15) is 0 Å². The van der Waals surface area contributed by atoms with Gasteiger partial charge in [-0.1, -0.05) is 30.3 Å². The second-order valence-corrected chi connectivity index (χ2v) is 8.18. The van der Waals surface area contributed by atoms with E-state index in [1.807, 2.05) is 66.3 Å². The Bertz CT molecular complexity index is 1380. The molecule has 0 saturated heterocycles. The fourth-order valence-electron chi connectivity index (χ4n) is 3.24. The SMILES string of the molecule is Cc1nc(-c2ccccc2)sc1C(=O)Nc1ccc(Oc2cc(-n3cccc3)ncn2)cc1. The maximum absolute atomic E-state index is 12.8. The Morgan fingerprint density at radius 1 is 0.970 bits per heavy atom. The molecule has 0 bridgehead atoms. The van der Waals surface area contributed by atoms with Crippen LogP contribution in [0.5, 0.6) is 11.6 Å². The molecule has 0 aliphatic carbocycles. The van der Waals surface area contributed by atoms with Crippen LogP contribution < -0.4 is 10.1 Å². The van der Waals surface area contributed by atoms with E-state index in [4.69, 9.17) is 4.74 Å². The molecule has 3 aromatic heterocycles. The van der Waals surface area contributed by atoms with Gasteiger partial charge in [0.15, 0.2) is 0 Å². The van der Waals surface area contributed by atoms with Gasteiger partial charge in [0.1, 0.15) is 27.8 Å². The molecule has 8 heteroatoms. The number of amides is 1. The largest absolute Gasteiger partial charge is 0.439 e. The van der Waals surface area contributed by atoms with Gasteiger partial charge in [0.2, 0.25) is 5.88 Å². The summed E-state index contributed by atoms with van der Waals surface area (Å²) in [6, 6.07) is 22.6. The number of nitrogens with one attached hydrogen (secondary N) is 1. The highest BCUT2D eigenvalue weighted by Crippen LogP contribution is 2.29. The van der Waals surface area contributed by atoms with Crippen molar-refractivity contribution < 1.29 is 9.53 Å². The third-order valence-electron chi connectivity index (χ3n) is 4.85. The summed E-state index contributed by atoms with van der Waals surface area (Å²) in [6.07, 6.45) is 5.26. The number of hydrogen-bond acceptors (Lipinski definition) is 6. The van der Waals surface area contributed by atoms with E-state index in [1.54, 1.807) is 30.3 Å². The molecule has 0 aliphatic heterocycles. The molecule has 1 amide bonds. The van der Waals surface area contributed by atoms with E-state index >= 15 is 0 Å². The molecule has 5 aromatic rings. The summed E-state index contributed by atoms with van der Waals surface area (Å²) in [6.45, 7) is 1.85. The second kappa shape index (κ2) is 9.05. The number of carbonyl (C=O) groups is 1. The van der Waals surface area contributed by atoms with E-state index in [0.29, 0.717) is 33.7 Å². The zero-order valence-corrected chi connectivity index (χ0v) is 18.5. The molecule has 7 nitrogen and oxygen atoms in total. The maximum Gasteiger partial charge on any atom is 0.267 e. The van der Waals surface area contributed by atoms with Crippen molar-refractivity contribution in [3.8, 4) is 28.0 Å². The van der Waals surface area contributed by atoms with E-state index in [2.05, 4.69) is 20.3 Å². The van der Waals surface area contributed by atoms with Gasteiger partial charge in [0.05, 0.1) is 5.69 Å². The van der Waals surface area contributed by atoms with Gasteiger partial charge in [0, 0.05) is 29.7 Å². The maximum atomic E-state index is 12.8. The first-order valence-corrected chi connectivity index (χ1v) is 11.0. The van der Waals surface area contributed by atoms with E-state index in [-0.39, 0.29) is 5.91 Å². The molecule has 0 aliphatic rings. The molecule has 5 rings (SSSR count). The predicted molar refractivity (Wildman–Crippen MR) is 128 cm³/mol. The molecule has 0 atom stereocenters. The first kappa shape index (κ1) is 20.6. The Kier molecular flexibility index (Phi) is 5.65. The molecule has 0 saturated carbocycles. The van der Waals surface area contributed by atoms with Crippen LogP contribution in [0.2, 0.25) is 0 Å². The number of aryl methyl sites for hydroxylation is 1. The second-order valence-electron chi connectivity index (χ2n) is 7.18. The van der Waals surface area contributed by atoms with Crippen LogP contribution in [0.15, 0.2) is 91.5 Å². The summed E-state index contributed by atoms with van der Waals surface area (Å²) in [4.78, 5) is 26.4. The molecule has 3 heterocycles. The highest BCUT2D eigenvalue weighted by molar-refractivity contribution is 7.17. The molecule has 0 fully saturated rings. The zero-order valence-electron chi connectivity index (χ0n) is 17.7. The van der Waals surface area contributed by atoms with Crippen molar-refractivity contribution >= 4 is 22.9 Å². The van der Waals surface area contributed by atoms with Crippen LogP contribution in [-0.2, 0) is 0 Å². The Morgan fingerprint density at radius 3 is 2.48 bits per heavy atom. The van der Waals surface area contributed by atoms with Crippen molar-refractivity contribution in [3.63, 3.8) is 0 Å². The standard InChI is InChI=1S/C25H19N5O2S/c1-17-23(33-25(28-17)18-7-3-2-4-8-18)24(31)29-19-9-11-20(12-10-19)32-22-15-21(26-16-27-22)30-13-5-6-14-30/h2-16H,1H3,(H,29,31). The summed E-state index contributed by atoms with van der Waals surface area (Å²) in [5.74, 6) is 1.56. The average molecular weight is 454 g/mol. The van der Waals surface area contributed by atoms with E-state index in [9.17, 15) is 4.79 Å². The Labute approximate surface area is 194 Å². The third kappa shape index (κ3) is 4.65. The van der Waals surface area contributed by atoms with Crippen molar-refractivity contribution in [1.82, 2.24) is 19.5 Å². The predicted octanol–water partition coefficient (Wildman–Crippen LogP) is 5.74. The normalized spacial score (nSPS) is 10.7. The van der Waals surface area contributed by atoms with Crippen molar-refractivity contribution in [3.05, 3.63) is 102 Å². The Hall–Kier alpha value is -4.30. The average Bonchev–Trinajstić information content (AvgIpc) is 3.51. The lowest BCUT2D eigenvalue weighted by atomic mass is 10.2. The Morgan fingerprint density at radius 2 is 1.73 bits per heavy atom. The van der Waals surface area contributed by atoms with Crippen molar-refractivity contribution in [2.24, 2.45) is 0 Å². The minimum absolute atomic E-state index is 0.187. The lowest BCUT2D eigenvalue weighted by Gasteiger charge is -2.08. The zero-order chi connectivity index (χ0) is 22.6. The minimum Gasteiger partial charge on any atom is -0.439 e. The van der Waals surface area contributed by atoms with Crippen molar-refractivity contribution in [2.75, 3.05) is 5.32 Å². The molecule has 1 N–H and O–H groups in total. The number of nitrogens with zero attached hydrogens (tertiary/aromatic N) is 4. The van der Waals surface area contributed by atoms with Gasteiger partial charge in [0.25, 0.3) is 5.91 Å². The minimum atomic E-state index is -0.187. The van der Waals surface area contributed by atoms with E-state index < -0.39 is 0 Å². The monoisotopic (exact) mass is 453 g/mol. The van der Waals surface area contributed by atoms with Gasteiger partial charge >= 0.3 is 0 Å². The van der Waals surface area contributed by atoms with Crippen LogP contribution in [0.25, 0.3) is 16.4 Å². The highest BCUT2D eigenvalue weighted by Gasteiger charge is 2.16. The lowest BCUT2D eigenvalue weighted by molar-refractivity contribution is 0.103. The van der Waals surface area contributed by atoms with Gasteiger partial charge < -0.3 is 14.6 Å². The number of carbonyl (C=O) groups excluding carboxylic acids is 1. The summed E-state index contributed by atoms with van der Waals surface area (Å²) in [5, 5.41) is 3.75. The molecule has 2 aromatic carbocycles. The first-order valence-electron chi connectivity index (χ1n) is 10.2. The van der Waals surface area contributed by atoms with Gasteiger partial charge in [-0.15, -0.1) is 11.3 Å². The summed E-state index contributed by atoms with van der Waals surface area (Å²) < 4.78 is 7.72. The number of hydrogen-bond donors (Lipinski definition) is 1. The number of rotatable bonds is 6. The van der Waals surface area contributed by atoms with Gasteiger partial charge in [-0.05, 0) is 43.3 Å². The number of aromatic nitrogens is 4. The third-order valence-corrected chi connectivity index (χ3v) is 6.06. The smallest absolute Gasteiger partial charge is 0.267 e. The van der Waals surface area contributed by atoms with Crippen molar-refractivity contribution in [1.29, 1.82) is 0 Å². The summed E-state index contributed by atoms with van der Waals surface area (Å²) in [7, 11) is 0. The molecular formula is C25H19N5O2S. The van der Waals surface area contributed by atoms with Crippen LogP contribution in [0.3, 0.4) is 0 Å². The van der Waals surface area contributed by atoms with Crippen LogP contribution >= 0.6 is 11.3 Å². The lowest BCUT2D eigenvalue weighted by Crippen LogP contribution is -2.11. The molecule has 162 valence electrons. The molecule has 33 heavy (non-hydrogen) atoms. The topological polar surface area (TPSA) is 81.9 Å². The molecule has 0 radical (unpaired) electrons. The molecular weight excluding hydrogens is 434 g/mol.